The Balaban J connectivity index is 1.73. The van der Waals surface area contributed by atoms with Gasteiger partial charge >= 0.3 is 6.09 Å². The van der Waals surface area contributed by atoms with E-state index >= 15 is 0 Å². The Morgan fingerprint density at radius 3 is 2.69 bits per heavy atom. The van der Waals surface area contributed by atoms with E-state index < -0.39 is 11.1 Å². The fraction of sp³-hybridized carbons (Fsp3) is 0.385. The lowest BCUT2D eigenvalue weighted by Crippen LogP contribution is -2.42. The highest BCUT2D eigenvalue weighted by molar-refractivity contribution is 6.31. The van der Waals surface area contributed by atoms with Crippen LogP contribution in [0, 0.1) is 13.8 Å². The van der Waals surface area contributed by atoms with Gasteiger partial charge in [-0.05, 0) is 76.4 Å². The molecule has 2 aromatic carbocycles. The molecule has 1 aliphatic heterocycles. The molecule has 0 spiro atoms. The Kier molecular flexibility index (Phi) is 5.80. The molecule has 168 valence electrons. The number of aryl methyl sites for hydroxylation is 2. The molecule has 1 fully saturated rings. The summed E-state index contributed by atoms with van der Waals surface area (Å²) in [6, 6.07) is 14.2. The van der Waals surface area contributed by atoms with Crippen LogP contribution in [0.3, 0.4) is 0 Å². The highest BCUT2D eigenvalue weighted by atomic mass is 35.5. The molecule has 1 saturated heterocycles. The molecular formula is C26H30ClN3O2. The van der Waals surface area contributed by atoms with Gasteiger partial charge in [0.1, 0.15) is 5.60 Å². The van der Waals surface area contributed by atoms with Gasteiger partial charge in [-0.1, -0.05) is 29.8 Å². The molecule has 6 heteroatoms. The average molecular weight is 452 g/mol. The highest BCUT2D eigenvalue weighted by Gasteiger charge is 2.44. The first-order valence-corrected chi connectivity index (χ1v) is 11.3. The molecule has 1 atom stereocenters. The number of hydrogen-bond donors (Lipinski definition) is 1. The van der Waals surface area contributed by atoms with E-state index in [1.165, 1.54) is 0 Å². The second kappa shape index (κ2) is 8.28. The van der Waals surface area contributed by atoms with Gasteiger partial charge in [-0.2, -0.15) is 0 Å². The average Bonchev–Trinajstić information content (AvgIpc) is 3.11. The van der Waals surface area contributed by atoms with E-state index in [0.717, 1.165) is 39.7 Å². The van der Waals surface area contributed by atoms with Crippen molar-refractivity contribution in [3.8, 4) is 0 Å². The molecule has 32 heavy (non-hydrogen) atoms. The van der Waals surface area contributed by atoms with Crippen molar-refractivity contribution in [3.63, 3.8) is 0 Å². The molecule has 3 aromatic rings. The van der Waals surface area contributed by atoms with Crippen molar-refractivity contribution in [1.29, 1.82) is 0 Å². The van der Waals surface area contributed by atoms with Crippen molar-refractivity contribution in [3.05, 3.63) is 70.4 Å². The second-order valence-corrected chi connectivity index (χ2v) is 10.1. The maximum Gasteiger partial charge on any atom is 0.410 e. The molecule has 1 N–H and O–H groups in total. The minimum Gasteiger partial charge on any atom is -0.444 e. The Hall–Kier alpha value is -2.79. The number of aromatic nitrogens is 1. The Morgan fingerprint density at radius 2 is 1.97 bits per heavy atom. The normalized spacial score (nSPS) is 18.8. The van der Waals surface area contributed by atoms with Gasteiger partial charge in [0.25, 0.3) is 0 Å². The summed E-state index contributed by atoms with van der Waals surface area (Å²) >= 11 is 6.72. The summed E-state index contributed by atoms with van der Waals surface area (Å²) < 4.78 is 5.65. The molecule has 0 saturated carbocycles. The van der Waals surface area contributed by atoms with Crippen molar-refractivity contribution in [1.82, 2.24) is 9.88 Å². The van der Waals surface area contributed by atoms with Crippen LogP contribution in [-0.4, -0.2) is 34.7 Å². The third-order valence-electron chi connectivity index (χ3n) is 5.83. The Labute approximate surface area is 194 Å². The van der Waals surface area contributed by atoms with Gasteiger partial charge in [0.15, 0.2) is 0 Å². The van der Waals surface area contributed by atoms with Gasteiger partial charge in [0.2, 0.25) is 0 Å². The summed E-state index contributed by atoms with van der Waals surface area (Å²) in [6.07, 6.45) is 2.29. The SMILES string of the molecule is Cc1cnc2cc(N[C@]3(c4c(C)cccc4Cl)CCN(C(=O)OC(C)(C)C)C3)ccc2c1. The minimum atomic E-state index is -0.543. The van der Waals surface area contributed by atoms with Crippen LogP contribution in [0.5, 0.6) is 0 Å². The van der Waals surface area contributed by atoms with Crippen molar-refractivity contribution in [2.75, 3.05) is 18.4 Å². The van der Waals surface area contributed by atoms with Crippen molar-refractivity contribution in [2.45, 2.75) is 52.2 Å². The smallest absolute Gasteiger partial charge is 0.410 e. The predicted octanol–water partition coefficient (Wildman–Crippen LogP) is 6.45. The molecule has 5 nitrogen and oxygen atoms in total. The van der Waals surface area contributed by atoms with Crippen LogP contribution in [-0.2, 0) is 10.3 Å². The van der Waals surface area contributed by atoms with Gasteiger partial charge in [-0.25, -0.2) is 4.79 Å². The van der Waals surface area contributed by atoms with Gasteiger partial charge < -0.3 is 15.0 Å². The number of hydrogen-bond acceptors (Lipinski definition) is 4. The minimum absolute atomic E-state index is 0.304. The summed E-state index contributed by atoms with van der Waals surface area (Å²) in [5.74, 6) is 0. The molecule has 1 amide bonds. The molecule has 0 unspecified atom stereocenters. The molecule has 0 radical (unpaired) electrons. The van der Waals surface area contributed by atoms with Crippen molar-refractivity contribution >= 4 is 34.3 Å². The fourth-order valence-electron chi connectivity index (χ4n) is 4.48. The number of fused-ring (bicyclic) bond motifs is 1. The van der Waals surface area contributed by atoms with Gasteiger partial charge in [0, 0.05) is 34.4 Å². The monoisotopic (exact) mass is 451 g/mol. The van der Waals surface area contributed by atoms with Crippen molar-refractivity contribution in [2.24, 2.45) is 0 Å². The first-order valence-electron chi connectivity index (χ1n) is 10.9. The lowest BCUT2D eigenvalue weighted by Gasteiger charge is -2.34. The fourth-order valence-corrected chi connectivity index (χ4v) is 4.89. The number of anilines is 1. The number of pyridine rings is 1. The quantitative estimate of drug-likeness (QED) is 0.497. The number of ether oxygens (including phenoxy) is 1. The number of halogens is 1. The van der Waals surface area contributed by atoms with Gasteiger partial charge in [-0.3, -0.25) is 4.98 Å². The summed E-state index contributed by atoms with van der Waals surface area (Å²) in [7, 11) is 0. The number of likely N-dealkylation sites (tertiary alicyclic amines) is 1. The van der Waals surface area contributed by atoms with E-state index in [-0.39, 0.29) is 6.09 Å². The van der Waals surface area contributed by atoms with Crippen LogP contribution >= 0.6 is 11.6 Å². The zero-order chi connectivity index (χ0) is 23.1. The van der Waals surface area contributed by atoms with Crippen LogP contribution in [0.1, 0.15) is 43.9 Å². The number of carbonyl (C=O) groups excluding carboxylic acids is 1. The van der Waals surface area contributed by atoms with Crippen molar-refractivity contribution < 1.29 is 9.53 Å². The first kappa shape index (κ1) is 22.4. The topological polar surface area (TPSA) is 54.5 Å². The lowest BCUT2D eigenvalue weighted by atomic mass is 9.85. The Morgan fingerprint density at radius 1 is 1.19 bits per heavy atom. The summed E-state index contributed by atoms with van der Waals surface area (Å²) in [6.45, 7) is 10.8. The highest BCUT2D eigenvalue weighted by Crippen LogP contribution is 2.41. The van der Waals surface area contributed by atoms with E-state index in [2.05, 4.69) is 47.6 Å². The van der Waals surface area contributed by atoms with E-state index in [0.29, 0.717) is 18.1 Å². The van der Waals surface area contributed by atoms with E-state index in [1.54, 1.807) is 4.90 Å². The van der Waals surface area contributed by atoms with E-state index in [1.807, 2.05) is 46.0 Å². The molecule has 1 aliphatic rings. The van der Waals surface area contributed by atoms with Crippen LogP contribution < -0.4 is 5.32 Å². The molecular weight excluding hydrogens is 422 g/mol. The standard InChI is InChI=1S/C26H30ClN3O2/c1-17-13-19-9-10-20(14-22(19)28-15-17)29-26(23-18(2)7-6-8-21(23)27)11-12-30(16-26)24(31)32-25(3,4)5/h6-10,13-15,29H,11-12,16H2,1-5H3/t26-/m1/s1. The molecule has 0 aliphatic carbocycles. The number of nitrogens with zero attached hydrogens (tertiary/aromatic N) is 2. The van der Waals surface area contributed by atoms with Crippen LogP contribution in [0.2, 0.25) is 5.02 Å². The third kappa shape index (κ3) is 4.53. The van der Waals surface area contributed by atoms with Crippen LogP contribution in [0.15, 0.2) is 48.7 Å². The molecule has 0 bridgehead atoms. The largest absolute Gasteiger partial charge is 0.444 e. The maximum absolute atomic E-state index is 12.8. The maximum atomic E-state index is 12.8. The second-order valence-electron chi connectivity index (χ2n) is 9.71. The molecule has 4 rings (SSSR count). The zero-order valence-corrected chi connectivity index (χ0v) is 20.1. The van der Waals surface area contributed by atoms with Gasteiger partial charge in [0.05, 0.1) is 17.6 Å². The van der Waals surface area contributed by atoms with E-state index in [4.69, 9.17) is 16.3 Å². The number of benzene rings is 2. The van der Waals surface area contributed by atoms with Crippen LogP contribution in [0.4, 0.5) is 10.5 Å². The number of carbonyl (C=O) groups is 1. The first-order chi connectivity index (χ1) is 15.1. The van der Waals surface area contributed by atoms with E-state index in [9.17, 15) is 4.79 Å². The zero-order valence-electron chi connectivity index (χ0n) is 19.3. The summed E-state index contributed by atoms with van der Waals surface area (Å²) in [5, 5.41) is 5.52. The lowest BCUT2D eigenvalue weighted by molar-refractivity contribution is 0.0286. The van der Waals surface area contributed by atoms with Crippen LogP contribution in [0.25, 0.3) is 10.9 Å². The molecule has 2 heterocycles. The Bertz CT molecular complexity index is 1150. The third-order valence-corrected chi connectivity index (χ3v) is 6.14. The van der Waals surface area contributed by atoms with Gasteiger partial charge in [-0.15, -0.1) is 0 Å². The number of nitrogens with one attached hydrogen (secondary N) is 1. The summed E-state index contributed by atoms with van der Waals surface area (Å²) in [4.78, 5) is 19.2. The number of rotatable bonds is 3. The molecule has 1 aromatic heterocycles. The number of amides is 1. The predicted molar refractivity (Wildman–Crippen MR) is 130 cm³/mol. The summed E-state index contributed by atoms with van der Waals surface area (Å²) in [5.41, 5.74) is 4.03.